The number of aryl methyl sites for hydroxylation is 1. The average Bonchev–Trinajstić information content (AvgIpc) is 3.26. The summed E-state index contributed by atoms with van der Waals surface area (Å²) < 4.78 is 0. The van der Waals surface area contributed by atoms with Crippen LogP contribution in [0.3, 0.4) is 0 Å². The summed E-state index contributed by atoms with van der Waals surface area (Å²) >= 11 is 0. The van der Waals surface area contributed by atoms with Gasteiger partial charge in [-0.3, -0.25) is 4.79 Å². The van der Waals surface area contributed by atoms with Gasteiger partial charge in [-0.05, 0) is 37.1 Å². The second kappa shape index (κ2) is 6.42. The summed E-state index contributed by atoms with van der Waals surface area (Å²) in [4.78, 5) is 23.4. The first kappa shape index (κ1) is 17.1. The number of H-pyrrole nitrogens is 1. The number of benzene rings is 2. The van der Waals surface area contributed by atoms with Crippen molar-refractivity contribution in [2.24, 2.45) is 11.8 Å². The molecule has 0 spiro atoms. The van der Waals surface area contributed by atoms with Crippen LogP contribution in [0.1, 0.15) is 51.0 Å². The molecule has 0 saturated carbocycles. The lowest BCUT2D eigenvalue weighted by atomic mass is 9.96. The van der Waals surface area contributed by atoms with E-state index in [2.05, 4.69) is 56.1 Å². The molecule has 1 fully saturated rings. The number of hydrogen-bond donors (Lipinski definition) is 1. The molecule has 2 heterocycles. The third kappa shape index (κ3) is 2.77. The van der Waals surface area contributed by atoms with Crippen LogP contribution in [-0.4, -0.2) is 27.3 Å². The number of aromatic amines is 1. The summed E-state index contributed by atoms with van der Waals surface area (Å²) in [5, 5.41) is 2.38. The van der Waals surface area contributed by atoms with Crippen molar-refractivity contribution in [3.63, 3.8) is 0 Å². The normalized spacial score (nSPS) is 19.0. The summed E-state index contributed by atoms with van der Waals surface area (Å²) in [6.07, 6.45) is 2.02. The largest absolute Gasteiger partial charge is 0.340 e. The van der Waals surface area contributed by atoms with Crippen LogP contribution in [-0.2, 0) is 4.79 Å². The molecular formula is C22H27N3O. The van der Waals surface area contributed by atoms with E-state index in [4.69, 9.17) is 4.98 Å². The van der Waals surface area contributed by atoms with Gasteiger partial charge in [0.2, 0.25) is 5.91 Å². The van der Waals surface area contributed by atoms with Gasteiger partial charge in [0.25, 0.3) is 0 Å². The van der Waals surface area contributed by atoms with E-state index in [0.29, 0.717) is 5.92 Å². The molecule has 0 aliphatic carbocycles. The van der Waals surface area contributed by atoms with Gasteiger partial charge in [0.05, 0.1) is 17.1 Å². The average molecular weight is 349 g/mol. The Bertz CT molecular complexity index is 972. The molecule has 1 N–H and O–H groups in total. The summed E-state index contributed by atoms with van der Waals surface area (Å²) in [6, 6.07) is 10.8. The van der Waals surface area contributed by atoms with Gasteiger partial charge < -0.3 is 9.88 Å². The zero-order valence-corrected chi connectivity index (χ0v) is 16.0. The Morgan fingerprint density at radius 1 is 1.23 bits per heavy atom. The van der Waals surface area contributed by atoms with Gasteiger partial charge in [0, 0.05) is 17.8 Å². The van der Waals surface area contributed by atoms with Crippen molar-refractivity contribution >= 4 is 27.7 Å². The quantitative estimate of drug-likeness (QED) is 0.725. The number of rotatable bonds is 3. The Morgan fingerprint density at radius 2 is 2.04 bits per heavy atom. The van der Waals surface area contributed by atoms with Crippen LogP contribution >= 0.6 is 0 Å². The molecule has 0 radical (unpaired) electrons. The predicted molar refractivity (Wildman–Crippen MR) is 106 cm³/mol. The second-order valence-corrected chi connectivity index (χ2v) is 8.03. The highest BCUT2D eigenvalue weighted by molar-refractivity contribution is 6.04. The van der Waals surface area contributed by atoms with Crippen molar-refractivity contribution in [2.45, 2.75) is 46.6 Å². The number of fused-ring (bicyclic) bond motifs is 3. The molecule has 1 aromatic heterocycles. The number of nitrogens with one attached hydrogen (secondary N) is 1. The fourth-order valence-electron chi connectivity index (χ4n) is 3.96. The molecule has 0 unspecified atom stereocenters. The molecule has 1 aliphatic rings. The lowest BCUT2D eigenvalue weighted by molar-refractivity contribution is -0.137. The van der Waals surface area contributed by atoms with Crippen LogP contribution in [0.15, 0.2) is 30.3 Å². The molecule has 4 heteroatoms. The maximum atomic E-state index is 12.9. The van der Waals surface area contributed by atoms with E-state index in [1.54, 1.807) is 0 Å². The first-order valence-corrected chi connectivity index (χ1v) is 9.65. The van der Waals surface area contributed by atoms with E-state index < -0.39 is 0 Å². The lowest BCUT2D eigenvalue weighted by Crippen LogP contribution is -2.36. The predicted octanol–water partition coefficient (Wildman–Crippen LogP) is 4.98. The van der Waals surface area contributed by atoms with Crippen molar-refractivity contribution in [2.75, 3.05) is 6.54 Å². The smallest absolute Gasteiger partial charge is 0.226 e. The molecule has 3 aromatic rings. The number of nitrogens with zero attached hydrogens (tertiary/aromatic N) is 2. The Hall–Kier alpha value is -2.36. The Labute approximate surface area is 154 Å². The number of likely N-dealkylation sites (tertiary alicyclic amines) is 1. The van der Waals surface area contributed by atoms with Gasteiger partial charge in [-0.15, -0.1) is 0 Å². The highest BCUT2D eigenvalue weighted by Gasteiger charge is 2.35. The van der Waals surface area contributed by atoms with Crippen LogP contribution < -0.4 is 0 Å². The minimum atomic E-state index is 0.0452. The van der Waals surface area contributed by atoms with Crippen molar-refractivity contribution in [3.8, 4) is 0 Å². The molecule has 136 valence electrons. The molecule has 2 aromatic carbocycles. The second-order valence-electron chi connectivity index (χ2n) is 8.03. The first-order valence-electron chi connectivity index (χ1n) is 9.65. The monoisotopic (exact) mass is 349 g/mol. The Balaban J connectivity index is 1.74. The highest BCUT2D eigenvalue weighted by atomic mass is 16.2. The van der Waals surface area contributed by atoms with Gasteiger partial charge in [-0.2, -0.15) is 0 Å². The molecule has 2 atom stereocenters. The molecule has 4 rings (SSSR count). The van der Waals surface area contributed by atoms with Crippen LogP contribution in [0.2, 0.25) is 0 Å². The molecule has 1 aliphatic heterocycles. The molecule has 0 bridgehead atoms. The number of aromatic nitrogens is 2. The summed E-state index contributed by atoms with van der Waals surface area (Å²) in [6.45, 7) is 9.21. The van der Waals surface area contributed by atoms with Gasteiger partial charge in [0.1, 0.15) is 5.82 Å². The summed E-state index contributed by atoms with van der Waals surface area (Å²) in [7, 11) is 0. The van der Waals surface area contributed by atoms with Gasteiger partial charge in [-0.25, -0.2) is 4.98 Å². The first-order chi connectivity index (χ1) is 12.5. The Morgan fingerprint density at radius 3 is 2.81 bits per heavy atom. The van der Waals surface area contributed by atoms with Crippen LogP contribution in [0, 0.1) is 18.8 Å². The minimum absolute atomic E-state index is 0.0452. The number of hydrogen-bond acceptors (Lipinski definition) is 2. The number of amides is 1. The third-order valence-electron chi connectivity index (χ3n) is 5.88. The van der Waals surface area contributed by atoms with Gasteiger partial charge in [-0.1, -0.05) is 50.6 Å². The molecular weight excluding hydrogens is 322 g/mol. The topological polar surface area (TPSA) is 49.0 Å². The van der Waals surface area contributed by atoms with Crippen LogP contribution in [0.5, 0.6) is 0 Å². The minimum Gasteiger partial charge on any atom is -0.340 e. The number of carbonyl (C=O) groups is 1. The summed E-state index contributed by atoms with van der Waals surface area (Å²) in [5.74, 6) is 1.58. The SMILES string of the molecule is Cc1ccc2c(ccc3[nH]c([C@@H]4CCCN4C(=O)[C@@H](C)C(C)C)nc32)c1. The van der Waals surface area contributed by atoms with E-state index in [1.165, 1.54) is 16.3 Å². The van der Waals surface area contributed by atoms with E-state index in [9.17, 15) is 4.79 Å². The Kier molecular flexibility index (Phi) is 4.22. The van der Waals surface area contributed by atoms with Crippen LogP contribution in [0.4, 0.5) is 0 Å². The van der Waals surface area contributed by atoms with Crippen LogP contribution in [0.25, 0.3) is 21.8 Å². The molecule has 4 nitrogen and oxygen atoms in total. The van der Waals surface area contributed by atoms with Crippen molar-refractivity contribution in [1.82, 2.24) is 14.9 Å². The standard InChI is InChI=1S/C22H27N3O/c1-13(2)15(4)22(26)25-11-5-6-19(25)21-23-18-10-8-16-12-14(3)7-9-17(16)20(18)24-21/h7-10,12-13,15,19H,5-6,11H2,1-4H3,(H,23,24)/t15-,19-/m0/s1. The van der Waals surface area contributed by atoms with Crippen molar-refractivity contribution < 1.29 is 4.79 Å². The highest BCUT2D eigenvalue weighted by Crippen LogP contribution is 2.34. The number of carbonyl (C=O) groups excluding carboxylic acids is 1. The third-order valence-corrected chi connectivity index (χ3v) is 5.88. The maximum Gasteiger partial charge on any atom is 0.226 e. The fraction of sp³-hybridized carbons (Fsp3) is 0.455. The molecule has 1 saturated heterocycles. The van der Waals surface area contributed by atoms with Gasteiger partial charge >= 0.3 is 0 Å². The fourth-order valence-corrected chi connectivity index (χ4v) is 3.96. The van der Waals surface area contributed by atoms with E-state index in [1.807, 2.05) is 11.8 Å². The zero-order valence-electron chi connectivity index (χ0n) is 16.0. The maximum absolute atomic E-state index is 12.9. The van der Waals surface area contributed by atoms with E-state index >= 15 is 0 Å². The molecule has 1 amide bonds. The van der Waals surface area contributed by atoms with E-state index in [0.717, 1.165) is 36.2 Å². The molecule has 26 heavy (non-hydrogen) atoms. The van der Waals surface area contributed by atoms with Crippen molar-refractivity contribution in [3.05, 3.63) is 41.7 Å². The summed E-state index contributed by atoms with van der Waals surface area (Å²) in [5.41, 5.74) is 3.31. The van der Waals surface area contributed by atoms with Crippen molar-refractivity contribution in [1.29, 1.82) is 0 Å². The zero-order chi connectivity index (χ0) is 18.4. The lowest BCUT2D eigenvalue weighted by Gasteiger charge is -2.27. The van der Waals surface area contributed by atoms with E-state index in [-0.39, 0.29) is 17.9 Å². The number of imidazole rings is 1. The van der Waals surface area contributed by atoms with Gasteiger partial charge in [0.15, 0.2) is 0 Å².